The van der Waals surface area contributed by atoms with Crippen LogP contribution < -0.4 is 4.90 Å². The van der Waals surface area contributed by atoms with E-state index in [0.717, 1.165) is 17.1 Å². The zero-order valence-electron chi connectivity index (χ0n) is 36.0. The summed E-state index contributed by atoms with van der Waals surface area (Å²) >= 11 is 7.76. The molecule has 0 aliphatic carbocycles. The molecule has 0 bridgehead atoms. The number of fused-ring (bicyclic) bond motifs is 18. The van der Waals surface area contributed by atoms with E-state index in [1.54, 1.807) is 0 Å². The molecule has 11 aromatic carbocycles. The molecule has 0 saturated heterocycles. The quantitative estimate of drug-likeness (QED) is 0.170. The van der Waals surface area contributed by atoms with Gasteiger partial charge < -0.3 is 4.90 Å². The Balaban J connectivity index is 0.873. The van der Waals surface area contributed by atoms with Gasteiger partial charge in [-0.15, -0.1) is 45.3 Å². The standard InChI is InChI=1S/C61H37NS4/c1-33(2)34-11-15-43(16-12-34)62(44-17-13-39-27-52-48-21-19-46-50-25-35-7-3-5-9-37(35)29-54(50)63-58(46)60(48)65-56(52)31-41(39)23-44)45-18-14-40-28-53-49-22-20-47-51-26-36-8-4-6-10-38(36)30-55(51)64-59(47)61(49)66-57(53)32-42(40)24-45/h3-33H,1-2H3. The Hall–Kier alpha value is -6.86. The molecule has 4 heterocycles. The third-order valence-electron chi connectivity index (χ3n) is 14.1. The minimum atomic E-state index is 0.461. The highest BCUT2D eigenvalue weighted by Gasteiger charge is 2.19. The number of hydrogen-bond acceptors (Lipinski definition) is 5. The second kappa shape index (κ2) is 13.8. The minimum absolute atomic E-state index is 0.461. The second-order valence-corrected chi connectivity index (χ2v) is 22.5. The van der Waals surface area contributed by atoms with Crippen LogP contribution in [-0.4, -0.2) is 0 Å². The molecule has 15 aromatic rings. The van der Waals surface area contributed by atoms with Crippen LogP contribution in [0.5, 0.6) is 0 Å². The summed E-state index contributed by atoms with van der Waals surface area (Å²) in [6.07, 6.45) is 0. The number of benzene rings is 11. The Labute approximate surface area is 395 Å². The molecule has 4 aromatic heterocycles. The molecule has 310 valence electrons. The molecule has 0 fully saturated rings. The summed E-state index contributed by atoms with van der Waals surface area (Å²) in [6, 6.07) is 69.4. The summed E-state index contributed by atoms with van der Waals surface area (Å²) in [5.74, 6) is 0.461. The molecule has 0 N–H and O–H groups in total. The topological polar surface area (TPSA) is 3.24 Å². The number of thiophene rings is 4. The molecule has 0 unspecified atom stereocenters. The monoisotopic (exact) mass is 911 g/mol. The van der Waals surface area contributed by atoms with E-state index in [4.69, 9.17) is 0 Å². The fourth-order valence-corrected chi connectivity index (χ4v) is 15.9. The zero-order valence-corrected chi connectivity index (χ0v) is 39.2. The number of rotatable bonds is 4. The van der Waals surface area contributed by atoms with Crippen LogP contribution in [-0.2, 0) is 0 Å². The van der Waals surface area contributed by atoms with Crippen LogP contribution in [0.1, 0.15) is 25.3 Å². The van der Waals surface area contributed by atoms with E-state index in [2.05, 4.69) is 201 Å². The third kappa shape index (κ3) is 5.49. The van der Waals surface area contributed by atoms with Gasteiger partial charge in [-0.25, -0.2) is 0 Å². The first-order valence-electron chi connectivity index (χ1n) is 22.6. The van der Waals surface area contributed by atoms with E-state index in [9.17, 15) is 0 Å². The first kappa shape index (κ1) is 37.4. The van der Waals surface area contributed by atoms with Crippen molar-refractivity contribution < 1.29 is 0 Å². The summed E-state index contributed by atoms with van der Waals surface area (Å²) in [7, 11) is 0. The van der Waals surface area contributed by atoms with Crippen LogP contribution in [0.3, 0.4) is 0 Å². The van der Waals surface area contributed by atoms with Gasteiger partial charge in [0.25, 0.3) is 0 Å². The summed E-state index contributed by atoms with van der Waals surface area (Å²) in [5, 5.41) is 21.0. The van der Waals surface area contributed by atoms with Gasteiger partial charge in [0.1, 0.15) is 0 Å². The molecule has 0 amide bonds. The largest absolute Gasteiger partial charge is 0.310 e. The first-order valence-corrected chi connectivity index (χ1v) is 25.9. The van der Waals surface area contributed by atoms with E-state index in [-0.39, 0.29) is 0 Å². The van der Waals surface area contributed by atoms with Crippen molar-refractivity contribution in [3.8, 4) is 0 Å². The molecule has 5 heteroatoms. The molecule has 0 aliphatic rings. The Morgan fingerprint density at radius 2 is 0.606 bits per heavy atom. The van der Waals surface area contributed by atoms with Crippen molar-refractivity contribution in [2.24, 2.45) is 0 Å². The molecular formula is C61H37NS4. The highest BCUT2D eigenvalue weighted by molar-refractivity contribution is 7.34. The van der Waals surface area contributed by atoms with E-state index >= 15 is 0 Å². The molecule has 1 nitrogen and oxygen atoms in total. The van der Waals surface area contributed by atoms with Crippen molar-refractivity contribution in [1.29, 1.82) is 0 Å². The van der Waals surface area contributed by atoms with E-state index in [0.29, 0.717) is 5.92 Å². The Morgan fingerprint density at radius 1 is 0.288 bits per heavy atom. The lowest BCUT2D eigenvalue weighted by molar-refractivity contribution is 0.866. The molecule has 0 spiro atoms. The molecule has 15 rings (SSSR count). The normalized spacial score (nSPS) is 12.5. The van der Waals surface area contributed by atoms with Gasteiger partial charge in [-0.2, -0.15) is 0 Å². The maximum absolute atomic E-state index is 2.45. The fourth-order valence-electron chi connectivity index (χ4n) is 10.7. The van der Waals surface area contributed by atoms with Crippen molar-refractivity contribution in [1.82, 2.24) is 0 Å². The van der Waals surface area contributed by atoms with Gasteiger partial charge in [0.05, 0.1) is 18.8 Å². The van der Waals surface area contributed by atoms with Crippen LogP contribution in [0.15, 0.2) is 182 Å². The first-order chi connectivity index (χ1) is 32.5. The smallest absolute Gasteiger partial charge is 0.0534 e. The highest BCUT2D eigenvalue weighted by atomic mass is 32.1. The predicted molar refractivity (Wildman–Crippen MR) is 297 cm³/mol. The maximum atomic E-state index is 2.45. The Morgan fingerprint density at radius 3 is 0.970 bits per heavy atom. The fraction of sp³-hybridized carbons (Fsp3) is 0.0492. The van der Waals surface area contributed by atoms with Gasteiger partial charge in [-0.1, -0.05) is 111 Å². The van der Waals surface area contributed by atoms with Crippen molar-refractivity contribution in [3.05, 3.63) is 188 Å². The lowest BCUT2D eigenvalue weighted by Crippen LogP contribution is -2.10. The summed E-state index contributed by atoms with van der Waals surface area (Å²) in [6.45, 7) is 4.54. The van der Waals surface area contributed by atoms with Gasteiger partial charge in [0.15, 0.2) is 0 Å². The zero-order chi connectivity index (χ0) is 43.4. The molecule has 0 radical (unpaired) electrons. The van der Waals surface area contributed by atoms with Gasteiger partial charge in [0.2, 0.25) is 0 Å². The molecule has 66 heavy (non-hydrogen) atoms. The summed E-state index contributed by atoms with van der Waals surface area (Å²) in [4.78, 5) is 2.45. The maximum Gasteiger partial charge on any atom is 0.0534 e. The van der Waals surface area contributed by atoms with E-state index in [1.807, 2.05) is 45.3 Å². The summed E-state index contributed by atoms with van der Waals surface area (Å²) in [5.41, 5.74) is 4.81. The molecule has 0 saturated carbocycles. The van der Waals surface area contributed by atoms with E-state index in [1.165, 1.54) is 129 Å². The lowest BCUT2D eigenvalue weighted by Gasteiger charge is -2.26. The van der Waals surface area contributed by atoms with Crippen molar-refractivity contribution in [2.45, 2.75) is 19.8 Å². The minimum Gasteiger partial charge on any atom is -0.310 e. The Kier molecular flexibility index (Phi) is 7.83. The van der Waals surface area contributed by atoms with Crippen LogP contribution >= 0.6 is 45.3 Å². The third-order valence-corrected chi connectivity index (χ3v) is 19.1. The van der Waals surface area contributed by atoms with Crippen LogP contribution in [0, 0.1) is 0 Å². The van der Waals surface area contributed by atoms with Crippen LogP contribution in [0.25, 0.3) is 124 Å². The van der Waals surface area contributed by atoms with Crippen LogP contribution in [0.4, 0.5) is 17.1 Å². The Bertz CT molecular complexity index is 4290. The van der Waals surface area contributed by atoms with Crippen molar-refractivity contribution in [3.63, 3.8) is 0 Å². The molecule has 0 aliphatic heterocycles. The predicted octanol–water partition coefficient (Wildman–Crippen LogP) is 20.4. The van der Waals surface area contributed by atoms with Gasteiger partial charge in [-0.3, -0.25) is 0 Å². The van der Waals surface area contributed by atoms with Crippen LogP contribution in [0.2, 0.25) is 0 Å². The van der Waals surface area contributed by atoms with Crippen molar-refractivity contribution in [2.75, 3.05) is 4.90 Å². The lowest BCUT2D eigenvalue weighted by atomic mass is 10.0. The SMILES string of the molecule is CC(C)c1ccc(N(c2ccc3cc4c(cc3c2)sc2c4ccc3c4cc5ccccc5cc4sc32)c2ccc3cc4c(cc3c2)sc2c4ccc3c4cc5ccccc5cc4sc32)cc1. The van der Waals surface area contributed by atoms with Gasteiger partial charge in [-0.05, 0) is 140 Å². The molecule has 0 atom stereocenters. The number of anilines is 3. The van der Waals surface area contributed by atoms with E-state index < -0.39 is 0 Å². The number of nitrogens with zero attached hydrogens (tertiary/aromatic N) is 1. The molecular weight excluding hydrogens is 875 g/mol. The number of hydrogen-bond donors (Lipinski definition) is 0. The van der Waals surface area contributed by atoms with Gasteiger partial charge >= 0.3 is 0 Å². The van der Waals surface area contributed by atoms with Crippen molar-refractivity contribution >= 4 is 186 Å². The average molecular weight is 912 g/mol. The summed E-state index contributed by atoms with van der Waals surface area (Å²) < 4.78 is 10.9. The average Bonchev–Trinajstić information content (AvgIpc) is 4.11. The highest BCUT2D eigenvalue weighted by Crippen LogP contribution is 2.49. The second-order valence-electron chi connectivity index (χ2n) is 18.3. The van der Waals surface area contributed by atoms with Gasteiger partial charge in [0, 0.05) is 79.0 Å².